The summed E-state index contributed by atoms with van der Waals surface area (Å²) < 4.78 is 0. The molecule has 0 fully saturated rings. The van der Waals surface area contributed by atoms with Crippen molar-refractivity contribution in [2.24, 2.45) is 5.73 Å². The Kier molecular flexibility index (Phi) is 6.12. The lowest BCUT2D eigenvalue weighted by atomic mass is 9.89. The molecular weight excluding hydrogens is 380 g/mol. The summed E-state index contributed by atoms with van der Waals surface area (Å²) in [6, 6.07) is 22.6. The molecule has 0 bridgehead atoms. The minimum absolute atomic E-state index is 0.356. The molecule has 31 heavy (non-hydrogen) atoms. The smallest absolute Gasteiger partial charge is 0.0607 e. The molecule has 160 valence electrons. The molecule has 0 saturated carbocycles. The van der Waals surface area contributed by atoms with Crippen LogP contribution in [0, 0.1) is 0 Å². The van der Waals surface area contributed by atoms with Crippen LogP contribution < -0.4 is 11.1 Å². The number of aryl methyl sites for hydroxylation is 1. The molecule has 2 heterocycles. The zero-order valence-corrected chi connectivity index (χ0v) is 18.1. The van der Waals surface area contributed by atoms with Gasteiger partial charge >= 0.3 is 0 Å². The third-order valence-electron chi connectivity index (χ3n) is 6.94. The molecule has 5 rings (SSSR count). The summed E-state index contributed by atoms with van der Waals surface area (Å²) in [6.07, 6.45) is 6.56. The van der Waals surface area contributed by atoms with Crippen molar-refractivity contribution in [3.8, 4) is 0 Å². The van der Waals surface area contributed by atoms with Gasteiger partial charge in [0.15, 0.2) is 0 Å². The molecule has 1 aromatic heterocycles. The molecule has 0 spiro atoms. The molecule has 3 aromatic rings. The number of benzene rings is 2. The highest BCUT2D eigenvalue weighted by atomic mass is 15.2. The standard InChI is InChI=1S/C27H32N4/c28-16-22-8-2-4-10-24(22)18-31(26-13-5-11-20-12-6-14-29-27(20)26)19-25-15-21-7-1-3-9-23(21)17-30-25/h1-4,6-10,12,14,25-26,30H,5,11,13,15-19,28H2/t25-,26+/m1/s1. The predicted octanol–water partition coefficient (Wildman–Crippen LogP) is 4.13. The first kappa shape index (κ1) is 20.4. The number of pyridine rings is 1. The second-order valence-corrected chi connectivity index (χ2v) is 8.91. The second-order valence-electron chi connectivity index (χ2n) is 8.91. The van der Waals surface area contributed by atoms with Crippen molar-refractivity contribution in [3.63, 3.8) is 0 Å². The lowest BCUT2D eigenvalue weighted by Crippen LogP contribution is -2.46. The average molecular weight is 413 g/mol. The Bertz CT molecular complexity index is 1030. The van der Waals surface area contributed by atoms with Crippen LogP contribution in [0.1, 0.15) is 52.4 Å². The molecule has 1 aliphatic carbocycles. The number of aromatic nitrogens is 1. The summed E-state index contributed by atoms with van der Waals surface area (Å²) >= 11 is 0. The van der Waals surface area contributed by atoms with Crippen LogP contribution in [0.3, 0.4) is 0 Å². The van der Waals surface area contributed by atoms with Crippen molar-refractivity contribution in [3.05, 3.63) is 100 Å². The van der Waals surface area contributed by atoms with E-state index in [2.05, 4.69) is 70.9 Å². The Morgan fingerprint density at radius 1 is 0.935 bits per heavy atom. The van der Waals surface area contributed by atoms with Crippen LogP contribution in [0.25, 0.3) is 0 Å². The zero-order valence-electron chi connectivity index (χ0n) is 18.1. The van der Waals surface area contributed by atoms with E-state index in [4.69, 9.17) is 10.7 Å². The van der Waals surface area contributed by atoms with Gasteiger partial charge in [-0.1, -0.05) is 54.6 Å². The SMILES string of the molecule is NCc1ccccc1CN(C[C@H]1Cc2ccccc2CN1)[C@H]1CCCc2cccnc21. The minimum atomic E-state index is 0.356. The highest BCUT2D eigenvalue weighted by Gasteiger charge is 2.30. The van der Waals surface area contributed by atoms with Crippen molar-refractivity contribution < 1.29 is 0 Å². The van der Waals surface area contributed by atoms with E-state index in [0.717, 1.165) is 38.9 Å². The molecule has 4 nitrogen and oxygen atoms in total. The van der Waals surface area contributed by atoms with Gasteiger partial charge in [-0.05, 0) is 59.6 Å². The van der Waals surface area contributed by atoms with Gasteiger partial charge in [-0.25, -0.2) is 0 Å². The largest absolute Gasteiger partial charge is 0.326 e. The summed E-state index contributed by atoms with van der Waals surface area (Å²) in [5, 5.41) is 3.80. The van der Waals surface area contributed by atoms with Gasteiger partial charge in [0, 0.05) is 38.4 Å². The predicted molar refractivity (Wildman–Crippen MR) is 125 cm³/mol. The number of hydrogen-bond donors (Lipinski definition) is 2. The summed E-state index contributed by atoms with van der Waals surface area (Å²) in [6.45, 7) is 3.45. The second kappa shape index (κ2) is 9.31. The van der Waals surface area contributed by atoms with E-state index < -0.39 is 0 Å². The maximum Gasteiger partial charge on any atom is 0.0607 e. The number of fused-ring (bicyclic) bond motifs is 2. The van der Waals surface area contributed by atoms with Crippen LogP contribution in [0.2, 0.25) is 0 Å². The van der Waals surface area contributed by atoms with Crippen molar-refractivity contribution in [2.45, 2.75) is 57.4 Å². The average Bonchev–Trinajstić information content (AvgIpc) is 2.83. The lowest BCUT2D eigenvalue weighted by molar-refractivity contribution is 0.145. The lowest BCUT2D eigenvalue weighted by Gasteiger charge is -2.39. The number of nitrogens with one attached hydrogen (secondary N) is 1. The van der Waals surface area contributed by atoms with Gasteiger partial charge < -0.3 is 11.1 Å². The Morgan fingerprint density at radius 3 is 2.58 bits per heavy atom. The first-order valence-corrected chi connectivity index (χ1v) is 11.6. The molecule has 0 saturated heterocycles. The maximum atomic E-state index is 6.08. The highest BCUT2D eigenvalue weighted by Crippen LogP contribution is 2.34. The summed E-state index contributed by atoms with van der Waals surface area (Å²) in [5.41, 5.74) is 14.3. The third-order valence-corrected chi connectivity index (χ3v) is 6.94. The quantitative estimate of drug-likeness (QED) is 0.639. The van der Waals surface area contributed by atoms with Gasteiger partial charge in [-0.2, -0.15) is 0 Å². The van der Waals surface area contributed by atoms with Crippen LogP contribution in [0.5, 0.6) is 0 Å². The van der Waals surface area contributed by atoms with Gasteiger partial charge in [-0.3, -0.25) is 9.88 Å². The topological polar surface area (TPSA) is 54.2 Å². The summed E-state index contributed by atoms with van der Waals surface area (Å²) in [7, 11) is 0. The molecule has 2 atom stereocenters. The molecule has 1 aliphatic heterocycles. The van der Waals surface area contributed by atoms with Crippen molar-refractivity contribution in [1.29, 1.82) is 0 Å². The first-order valence-electron chi connectivity index (χ1n) is 11.6. The molecule has 4 heteroatoms. The molecule has 2 aromatic carbocycles. The van der Waals surface area contributed by atoms with Gasteiger partial charge in [0.1, 0.15) is 0 Å². The van der Waals surface area contributed by atoms with E-state index in [9.17, 15) is 0 Å². The first-order chi connectivity index (χ1) is 15.3. The van der Waals surface area contributed by atoms with Crippen molar-refractivity contribution >= 4 is 0 Å². The number of nitrogens with two attached hydrogens (primary N) is 1. The van der Waals surface area contributed by atoms with Gasteiger partial charge in [0.2, 0.25) is 0 Å². The van der Waals surface area contributed by atoms with Crippen LogP contribution in [0.15, 0.2) is 66.9 Å². The molecule has 3 N–H and O–H groups in total. The van der Waals surface area contributed by atoms with Gasteiger partial charge in [-0.15, -0.1) is 0 Å². The molecule has 0 amide bonds. The normalized spacial score (nSPS) is 20.3. The van der Waals surface area contributed by atoms with Gasteiger partial charge in [0.05, 0.1) is 11.7 Å². The van der Waals surface area contributed by atoms with Crippen molar-refractivity contribution in [2.75, 3.05) is 6.54 Å². The number of hydrogen-bond acceptors (Lipinski definition) is 4. The number of nitrogens with zero attached hydrogens (tertiary/aromatic N) is 2. The number of rotatable bonds is 6. The third kappa shape index (κ3) is 4.42. The fraction of sp³-hybridized carbons (Fsp3) is 0.370. The molecule has 0 radical (unpaired) electrons. The van der Waals surface area contributed by atoms with Gasteiger partial charge in [0.25, 0.3) is 0 Å². The van der Waals surface area contributed by atoms with E-state index in [-0.39, 0.29) is 0 Å². The van der Waals surface area contributed by atoms with Crippen molar-refractivity contribution in [1.82, 2.24) is 15.2 Å². The maximum absolute atomic E-state index is 6.08. The summed E-state index contributed by atoms with van der Waals surface area (Å²) in [5.74, 6) is 0. The monoisotopic (exact) mass is 412 g/mol. The van der Waals surface area contributed by atoms with Crippen LogP contribution in [-0.4, -0.2) is 22.5 Å². The van der Waals surface area contributed by atoms with Crippen LogP contribution in [0.4, 0.5) is 0 Å². The highest BCUT2D eigenvalue weighted by molar-refractivity contribution is 5.31. The Labute approximate surface area is 185 Å². The minimum Gasteiger partial charge on any atom is -0.326 e. The van der Waals surface area contributed by atoms with E-state index in [0.29, 0.717) is 18.6 Å². The molecule has 0 unspecified atom stereocenters. The van der Waals surface area contributed by atoms with Crippen LogP contribution >= 0.6 is 0 Å². The summed E-state index contributed by atoms with van der Waals surface area (Å²) in [4.78, 5) is 7.51. The van der Waals surface area contributed by atoms with E-state index in [1.807, 2.05) is 6.20 Å². The van der Waals surface area contributed by atoms with Crippen LogP contribution in [-0.2, 0) is 32.5 Å². The molecular formula is C27H32N4. The van der Waals surface area contributed by atoms with E-state index in [1.165, 1.54) is 39.9 Å². The Balaban J connectivity index is 1.44. The Hall–Kier alpha value is -2.53. The van der Waals surface area contributed by atoms with E-state index in [1.54, 1.807) is 0 Å². The molecule has 2 aliphatic rings. The van der Waals surface area contributed by atoms with E-state index >= 15 is 0 Å². The fourth-order valence-corrected chi connectivity index (χ4v) is 5.31. The fourth-order valence-electron chi connectivity index (χ4n) is 5.31. The zero-order chi connectivity index (χ0) is 21.0. The Morgan fingerprint density at radius 2 is 1.71 bits per heavy atom.